The number of hydrogen-bond donors (Lipinski definition) is 0. The lowest BCUT2D eigenvalue weighted by Crippen LogP contribution is -2.50. The Balaban J connectivity index is 1.16. The lowest BCUT2D eigenvalue weighted by atomic mass is 9.93. The van der Waals surface area contributed by atoms with Crippen LogP contribution in [0.4, 0.5) is 0 Å². The molecule has 1 saturated carbocycles. The zero-order chi connectivity index (χ0) is 29.9. The van der Waals surface area contributed by atoms with E-state index in [4.69, 9.17) is 14.5 Å². The summed E-state index contributed by atoms with van der Waals surface area (Å²) < 4.78 is 11.2. The fourth-order valence-corrected chi connectivity index (χ4v) is 6.80. The van der Waals surface area contributed by atoms with Crippen molar-refractivity contribution in [3.05, 3.63) is 82.2 Å². The van der Waals surface area contributed by atoms with Crippen molar-refractivity contribution in [1.29, 1.82) is 0 Å². The molecule has 3 aliphatic rings. The number of ether oxygens (including phenoxy) is 2. The van der Waals surface area contributed by atoms with Crippen LogP contribution >= 0.6 is 0 Å². The Kier molecular flexibility index (Phi) is 8.80. The molecule has 0 atom stereocenters. The third kappa shape index (κ3) is 6.19. The molecule has 226 valence electrons. The zero-order valence-corrected chi connectivity index (χ0v) is 25.7. The van der Waals surface area contributed by atoms with E-state index >= 15 is 0 Å². The molecular weight excluding hydrogens is 538 g/mol. The van der Waals surface area contributed by atoms with E-state index < -0.39 is 5.97 Å². The fraction of sp³-hybridized carbons (Fsp3) is 0.472. The maximum Gasteiger partial charge on any atom is 0.339 e. The van der Waals surface area contributed by atoms with Crippen LogP contribution in [-0.4, -0.2) is 66.1 Å². The predicted molar refractivity (Wildman–Crippen MR) is 168 cm³/mol. The summed E-state index contributed by atoms with van der Waals surface area (Å²) in [6.45, 7) is 8.11. The van der Waals surface area contributed by atoms with Crippen LogP contribution < -0.4 is 4.74 Å². The van der Waals surface area contributed by atoms with Gasteiger partial charge in [0.2, 0.25) is 0 Å². The Hall–Kier alpha value is -3.71. The molecule has 0 radical (unpaired) electrons. The van der Waals surface area contributed by atoms with Crippen molar-refractivity contribution >= 4 is 11.9 Å². The average molecular weight is 582 g/mol. The van der Waals surface area contributed by atoms with E-state index in [-0.39, 0.29) is 11.9 Å². The Labute approximate surface area is 255 Å². The molecule has 7 nitrogen and oxygen atoms in total. The Morgan fingerprint density at radius 1 is 0.977 bits per heavy atom. The SMILES string of the molecule is CCCc1nc2c(cc1C(=O)OC)C(=O)N(C1CCN(Cc3cc(C4CC4)c(-c4ccccc4)cc3OCC)CC1)CC2. The van der Waals surface area contributed by atoms with Gasteiger partial charge in [0.1, 0.15) is 5.75 Å². The number of rotatable bonds is 10. The van der Waals surface area contributed by atoms with E-state index in [1.165, 1.54) is 42.2 Å². The maximum absolute atomic E-state index is 13.7. The van der Waals surface area contributed by atoms with E-state index in [2.05, 4.69) is 54.3 Å². The highest BCUT2D eigenvalue weighted by Gasteiger charge is 2.35. The number of methoxy groups -OCH3 is 1. The second-order valence-corrected chi connectivity index (χ2v) is 12.1. The van der Waals surface area contributed by atoms with E-state index in [1.54, 1.807) is 6.07 Å². The van der Waals surface area contributed by atoms with Crippen LogP contribution in [0.3, 0.4) is 0 Å². The van der Waals surface area contributed by atoms with E-state index in [0.717, 1.165) is 62.5 Å². The maximum atomic E-state index is 13.7. The van der Waals surface area contributed by atoms with Crippen LogP contribution in [0.1, 0.15) is 95.1 Å². The molecular formula is C36H43N3O4. The highest BCUT2D eigenvalue weighted by atomic mass is 16.5. The largest absolute Gasteiger partial charge is 0.494 e. The van der Waals surface area contributed by atoms with Gasteiger partial charge in [0, 0.05) is 44.2 Å². The average Bonchev–Trinajstić information content (AvgIpc) is 3.88. The number of hydrogen-bond acceptors (Lipinski definition) is 6. The van der Waals surface area contributed by atoms with Gasteiger partial charge in [-0.05, 0) is 79.8 Å². The molecule has 0 spiro atoms. The summed E-state index contributed by atoms with van der Waals surface area (Å²) in [5.41, 5.74) is 7.77. The standard InChI is InChI=1S/C36H43N3O4/c1-4-9-32-31(36(41)42-3)21-30-33(37-32)16-19-39(35(30)40)27-14-17-38(18-15-27)23-26-20-28(25-12-13-25)29(22-34(26)43-5-2)24-10-7-6-8-11-24/h6-8,10-11,20-22,25,27H,4-5,9,12-19,23H2,1-3H3. The first-order valence-electron chi connectivity index (χ1n) is 16.0. The molecule has 1 amide bonds. The normalized spacial score (nSPS) is 17.6. The van der Waals surface area contributed by atoms with Crippen LogP contribution in [0.5, 0.6) is 5.75 Å². The number of aromatic nitrogens is 1. The second-order valence-electron chi connectivity index (χ2n) is 12.1. The monoisotopic (exact) mass is 581 g/mol. The van der Waals surface area contributed by atoms with Crippen LogP contribution in [0.2, 0.25) is 0 Å². The molecule has 2 aromatic carbocycles. The van der Waals surface area contributed by atoms with E-state index in [0.29, 0.717) is 36.6 Å². The third-order valence-electron chi connectivity index (χ3n) is 9.18. The first-order valence-corrected chi connectivity index (χ1v) is 16.0. The zero-order valence-electron chi connectivity index (χ0n) is 25.7. The van der Waals surface area contributed by atoms with Crippen molar-refractivity contribution in [2.24, 2.45) is 0 Å². The predicted octanol–water partition coefficient (Wildman–Crippen LogP) is 6.43. The Bertz CT molecular complexity index is 1480. The van der Waals surface area contributed by atoms with Crippen molar-refractivity contribution in [2.45, 2.75) is 77.3 Å². The summed E-state index contributed by atoms with van der Waals surface area (Å²) in [6.07, 6.45) is 6.64. The highest BCUT2D eigenvalue weighted by molar-refractivity contribution is 6.00. The number of aryl methyl sites for hydroxylation is 1. The summed E-state index contributed by atoms with van der Waals surface area (Å²) in [5, 5.41) is 0. The molecule has 6 rings (SSSR count). The summed E-state index contributed by atoms with van der Waals surface area (Å²) in [5.74, 6) is 1.18. The quantitative estimate of drug-likeness (QED) is 0.257. The molecule has 0 unspecified atom stereocenters. The van der Waals surface area contributed by atoms with E-state index in [1.807, 2.05) is 11.8 Å². The van der Waals surface area contributed by atoms with Crippen LogP contribution in [0, 0.1) is 0 Å². The number of carbonyl (C=O) groups excluding carboxylic acids is 2. The van der Waals surface area contributed by atoms with Gasteiger partial charge in [0.05, 0.1) is 36.2 Å². The topological polar surface area (TPSA) is 72.0 Å². The molecule has 1 aromatic heterocycles. The number of piperidine rings is 1. The summed E-state index contributed by atoms with van der Waals surface area (Å²) in [4.78, 5) is 35.5. The molecule has 3 aromatic rings. The van der Waals surface area contributed by atoms with Crippen LogP contribution in [0.25, 0.3) is 11.1 Å². The fourth-order valence-electron chi connectivity index (χ4n) is 6.80. The molecule has 1 saturated heterocycles. The minimum absolute atomic E-state index is 0.00962. The van der Waals surface area contributed by atoms with Crippen molar-refractivity contribution < 1.29 is 19.1 Å². The third-order valence-corrected chi connectivity index (χ3v) is 9.18. The molecule has 43 heavy (non-hydrogen) atoms. The van der Waals surface area contributed by atoms with Gasteiger partial charge in [0.25, 0.3) is 5.91 Å². The number of carbonyl (C=O) groups is 2. The van der Waals surface area contributed by atoms with Crippen molar-refractivity contribution in [2.75, 3.05) is 33.4 Å². The Morgan fingerprint density at radius 2 is 1.74 bits per heavy atom. The molecule has 2 fully saturated rings. The number of benzene rings is 2. The van der Waals surface area contributed by atoms with Gasteiger partial charge in [-0.3, -0.25) is 14.7 Å². The van der Waals surface area contributed by atoms with Gasteiger partial charge >= 0.3 is 5.97 Å². The molecule has 0 N–H and O–H groups in total. The van der Waals surface area contributed by atoms with Gasteiger partial charge in [-0.1, -0.05) is 43.7 Å². The number of nitrogens with zero attached hydrogens (tertiary/aromatic N) is 3. The Morgan fingerprint density at radius 3 is 2.42 bits per heavy atom. The lowest BCUT2D eigenvalue weighted by molar-refractivity contribution is 0.0542. The van der Waals surface area contributed by atoms with Gasteiger partial charge in [-0.2, -0.15) is 0 Å². The van der Waals surface area contributed by atoms with Gasteiger partial charge in [-0.15, -0.1) is 0 Å². The van der Waals surface area contributed by atoms with E-state index in [9.17, 15) is 9.59 Å². The molecule has 1 aliphatic carbocycles. The summed E-state index contributed by atoms with van der Waals surface area (Å²) in [7, 11) is 1.38. The summed E-state index contributed by atoms with van der Waals surface area (Å²) >= 11 is 0. The van der Waals surface area contributed by atoms with Crippen molar-refractivity contribution in [3.63, 3.8) is 0 Å². The molecule has 2 aliphatic heterocycles. The van der Waals surface area contributed by atoms with Crippen molar-refractivity contribution in [1.82, 2.24) is 14.8 Å². The molecule has 7 heteroatoms. The second kappa shape index (κ2) is 12.9. The lowest BCUT2D eigenvalue weighted by Gasteiger charge is -2.40. The van der Waals surface area contributed by atoms with Crippen LogP contribution in [0.15, 0.2) is 48.5 Å². The minimum atomic E-state index is -0.426. The van der Waals surface area contributed by atoms with Crippen molar-refractivity contribution in [3.8, 4) is 16.9 Å². The first kappa shape index (κ1) is 29.4. The number of likely N-dealkylation sites (tertiary alicyclic amines) is 1. The number of fused-ring (bicyclic) bond motifs is 1. The molecule has 3 heterocycles. The van der Waals surface area contributed by atoms with Crippen LogP contribution in [-0.2, 0) is 24.1 Å². The smallest absolute Gasteiger partial charge is 0.339 e. The number of esters is 1. The number of pyridine rings is 1. The molecule has 0 bridgehead atoms. The van der Waals surface area contributed by atoms with Gasteiger partial charge < -0.3 is 14.4 Å². The van der Waals surface area contributed by atoms with Gasteiger partial charge in [-0.25, -0.2) is 4.79 Å². The number of amides is 1. The first-order chi connectivity index (χ1) is 21.0. The van der Waals surface area contributed by atoms with Gasteiger partial charge in [0.15, 0.2) is 0 Å². The highest BCUT2D eigenvalue weighted by Crippen LogP contribution is 2.46. The summed E-state index contributed by atoms with van der Waals surface area (Å²) in [6, 6.07) is 17.2. The minimum Gasteiger partial charge on any atom is -0.494 e.